The number of benzene rings is 3. The molecule has 2 N–H and O–H groups in total. The Balaban J connectivity index is 1.20. The third-order valence-corrected chi connectivity index (χ3v) is 11.4. The molecule has 8 nitrogen and oxygen atoms in total. The van der Waals surface area contributed by atoms with Gasteiger partial charge in [0.05, 0.1) is 6.42 Å². The van der Waals surface area contributed by atoms with Crippen molar-refractivity contribution in [3.63, 3.8) is 0 Å². The highest BCUT2D eigenvalue weighted by molar-refractivity contribution is 8.26. The van der Waals surface area contributed by atoms with Crippen molar-refractivity contribution in [2.24, 2.45) is 0 Å². The Labute approximate surface area is 267 Å². The molecule has 1 fully saturated rings. The highest BCUT2D eigenvalue weighted by Crippen LogP contribution is 2.53. The molecule has 1 saturated heterocycles. The minimum Gasteiger partial charge on any atom is -0.448 e. The smallest absolute Gasteiger partial charge is 0.356 e. The summed E-state index contributed by atoms with van der Waals surface area (Å²) in [5.74, 6) is 0.148. The zero-order valence-electron chi connectivity index (χ0n) is 24.1. The van der Waals surface area contributed by atoms with Crippen LogP contribution in [-0.2, 0) is 25.5 Å². The molecule has 45 heavy (non-hydrogen) atoms. The van der Waals surface area contributed by atoms with Gasteiger partial charge in [-0.1, -0.05) is 91.0 Å². The zero-order chi connectivity index (χ0) is 30.8. The normalized spacial score (nSPS) is 21.3. The highest BCUT2D eigenvalue weighted by Gasteiger charge is 2.55. The number of H-pyrrole nitrogens is 1. The lowest BCUT2D eigenvalue weighted by molar-refractivity contribution is -0.154. The van der Waals surface area contributed by atoms with Crippen molar-refractivity contribution in [3.8, 4) is 0 Å². The third-order valence-electron chi connectivity index (χ3n) is 7.87. The molecule has 4 aromatic rings. The van der Waals surface area contributed by atoms with Crippen LogP contribution < -0.4 is 5.32 Å². The molecular formula is C35H30N4O4S2. The summed E-state index contributed by atoms with van der Waals surface area (Å²) in [7, 11) is -1.03. The Hall–Kier alpha value is -4.80. The highest BCUT2D eigenvalue weighted by atomic mass is 32.2. The van der Waals surface area contributed by atoms with Gasteiger partial charge in [0, 0.05) is 28.6 Å². The Bertz CT molecular complexity index is 1770. The molecule has 7 rings (SSSR count). The van der Waals surface area contributed by atoms with E-state index in [1.54, 1.807) is 24.2 Å². The van der Waals surface area contributed by atoms with E-state index < -0.39 is 34.4 Å². The minimum absolute atomic E-state index is 0.171. The van der Waals surface area contributed by atoms with Crippen LogP contribution in [0.5, 0.6) is 0 Å². The van der Waals surface area contributed by atoms with Gasteiger partial charge in [-0.15, -0.1) is 11.8 Å². The average molecular weight is 635 g/mol. The number of carbonyl (C=O) groups excluding carboxylic acids is 3. The number of fused-ring (bicyclic) bond motifs is 1. The van der Waals surface area contributed by atoms with E-state index in [0.717, 1.165) is 33.0 Å². The summed E-state index contributed by atoms with van der Waals surface area (Å²) in [6, 6.07) is 27.9. The Morgan fingerprint density at radius 1 is 1.00 bits per heavy atom. The van der Waals surface area contributed by atoms with E-state index in [0.29, 0.717) is 5.75 Å². The average Bonchev–Trinajstić information content (AvgIpc) is 3.80. The van der Waals surface area contributed by atoms with Crippen molar-refractivity contribution >= 4 is 46.0 Å². The van der Waals surface area contributed by atoms with Crippen LogP contribution in [0.3, 0.4) is 0 Å². The summed E-state index contributed by atoms with van der Waals surface area (Å²) in [6.45, 7) is 0. The number of allylic oxidation sites excluding steroid dienone is 2. The first kappa shape index (κ1) is 28.9. The number of nitrogens with zero attached hydrogens (tertiary/aromatic N) is 2. The number of aromatic nitrogens is 2. The van der Waals surface area contributed by atoms with Gasteiger partial charge in [0.1, 0.15) is 22.9 Å². The lowest BCUT2D eigenvalue weighted by atomic mass is 10.0. The standard InChI is InChI=1S/C35H30N4O4S2/c40-28(20-23-10-4-1-5-11-23)38-29-33(41)39-30(27(21-44-34(29)39)45-19-16-26(22-45)32-36-17-18-37-32)35(42)43-31(24-12-6-2-7-13-24)25-14-8-3-9-15-25/h1-19,22,29,31,34,45H,20-21H2,(H,36,37)(H,38,40). The number of rotatable bonds is 9. The molecule has 3 atom stereocenters. The summed E-state index contributed by atoms with van der Waals surface area (Å²) < 4.78 is 6.31. The Kier molecular flexibility index (Phi) is 8.15. The van der Waals surface area contributed by atoms with Gasteiger partial charge >= 0.3 is 5.97 Å². The van der Waals surface area contributed by atoms with Crippen LogP contribution in [0.2, 0.25) is 0 Å². The van der Waals surface area contributed by atoms with Crippen molar-refractivity contribution in [1.29, 1.82) is 0 Å². The zero-order valence-corrected chi connectivity index (χ0v) is 25.8. The number of amides is 2. The topological polar surface area (TPSA) is 104 Å². The van der Waals surface area contributed by atoms with E-state index >= 15 is 0 Å². The van der Waals surface area contributed by atoms with Crippen molar-refractivity contribution in [3.05, 3.63) is 153 Å². The number of aromatic amines is 1. The molecule has 10 heteroatoms. The van der Waals surface area contributed by atoms with Gasteiger partial charge in [0.25, 0.3) is 5.91 Å². The number of hydrogen-bond acceptors (Lipinski definition) is 6. The number of thioether (sulfide) groups is 1. The quantitative estimate of drug-likeness (QED) is 0.128. The molecule has 2 amide bonds. The summed E-state index contributed by atoms with van der Waals surface area (Å²) in [6.07, 6.45) is 4.97. The van der Waals surface area contributed by atoms with E-state index in [1.165, 1.54) is 4.90 Å². The van der Waals surface area contributed by atoms with Crippen LogP contribution in [0.1, 0.15) is 28.6 Å². The SMILES string of the molecule is O=C(Cc1ccccc1)NC1C(=O)N2C(C(=O)OC(c3ccccc3)c3ccccc3)=C([SH]3C=CC(c4ncc[nH]4)=C3)CSC12. The minimum atomic E-state index is -1.03. The molecule has 0 radical (unpaired) electrons. The maximum Gasteiger partial charge on any atom is 0.356 e. The lowest BCUT2D eigenvalue weighted by Crippen LogP contribution is -2.70. The monoisotopic (exact) mass is 634 g/mol. The van der Waals surface area contributed by atoms with Gasteiger partial charge in [-0.2, -0.15) is 10.9 Å². The number of hydrogen-bond donors (Lipinski definition) is 3. The van der Waals surface area contributed by atoms with Crippen LogP contribution in [0, 0.1) is 0 Å². The van der Waals surface area contributed by atoms with Crippen molar-refractivity contribution < 1.29 is 19.1 Å². The molecule has 0 bridgehead atoms. The van der Waals surface area contributed by atoms with E-state index in [-0.39, 0.29) is 23.9 Å². The second-order valence-corrected chi connectivity index (χ2v) is 13.8. The molecule has 4 heterocycles. The predicted octanol–water partition coefficient (Wildman–Crippen LogP) is 5.47. The molecular weight excluding hydrogens is 605 g/mol. The van der Waals surface area contributed by atoms with Gasteiger partial charge in [0.15, 0.2) is 6.10 Å². The summed E-state index contributed by atoms with van der Waals surface area (Å²) >= 11 is 1.55. The molecule has 0 saturated carbocycles. The van der Waals surface area contributed by atoms with E-state index in [4.69, 9.17) is 4.74 Å². The fourth-order valence-electron chi connectivity index (χ4n) is 5.67. The number of ether oxygens (including phenoxy) is 1. The van der Waals surface area contributed by atoms with E-state index in [9.17, 15) is 14.4 Å². The van der Waals surface area contributed by atoms with Gasteiger partial charge < -0.3 is 15.0 Å². The largest absolute Gasteiger partial charge is 0.448 e. The Morgan fingerprint density at radius 3 is 2.31 bits per heavy atom. The molecule has 226 valence electrons. The van der Waals surface area contributed by atoms with Gasteiger partial charge in [0.2, 0.25) is 5.91 Å². The van der Waals surface area contributed by atoms with Crippen LogP contribution in [0.4, 0.5) is 0 Å². The number of thiol groups is 1. The molecule has 1 aromatic heterocycles. The summed E-state index contributed by atoms with van der Waals surface area (Å²) in [5.41, 5.74) is 3.72. The molecule has 0 spiro atoms. The van der Waals surface area contributed by atoms with Crippen molar-refractivity contribution in [2.45, 2.75) is 23.9 Å². The summed E-state index contributed by atoms with van der Waals surface area (Å²) in [4.78, 5) is 50.9. The van der Waals surface area contributed by atoms with Crippen LogP contribution >= 0.6 is 22.7 Å². The first-order valence-electron chi connectivity index (χ1n) is 14.6. The second-order valence-electron chi connectivity index (χ2n) is 10.8. The van der Waals surface area contributed by atoms with E-state index in [1.807, 2.05) is 97.1 Å². The number of nitrogens with one attached hydrogen (secondary N) is 2. The van der Waals surface area contributed by atoms with E-state index in [2.05, 4.69) is 26.1 Å². The Morgan fingerprint density at radius 2 is 1.67 bits per heavy atom. The fraction of sp³-hybridized carbons (Fsp3) is 0.143. The molecule has 3 aliphatic heterocycles. The third kappa shape index (κ3) is 5.86. The summed E-state index contributed by atoms with van der Waals surface area (Å²) in [5, 5.41) is 6.68. The second kappa shape index (κ2) is 12.7. The number of esters is 1. The van der Waals surface area contributed by atoms with Crippen molar-refractivity contribution in [1.82, 2.24) is 20.2 Å². The maximum atomic E-state index is 14.3. The van der Waals surface area contributed by atoms with Crippen molar-refractivity contribution in [2.75, 3.05) is 5.75 Å². The van der Waals surface area contributed by atoms with Gasteiger partial charge in [-0.3, -0.25) is 14.5 Å². The van der Waals surface area contributed by atoms with Crippen LogP contribution in [-0.4, -0.2) is 49.8 Å². The first-order chi connectivity index (χ1) is 22.1. The van der Waals surface area contributed by atoms with Gasteiger partial charge in [-0.05, 0) is 33.6 Å². The molecule has 0 aliphatic carbocycles. The molecule has 3 aliphatic rings. The lowest BCUT2D eigenvalue weighted by Gasteiger charge is -2.50. The molecule has 3 unspecified atom stereocenters. The molecule has 3 aromatic carbocycles. The van der Waals surface area contributed by atoms with Crippen LogP contribution in [0.25, 0.3) is 5.57 Å². The maximum absolute atomic E-state index is 14.3. The fourth-order valence-corrected chi connectivity index (χ4v) is 9.39. The number of carbonyl (C=O) groups is 3. The predicted molar refractivity (Wildman–Crippen MR) is 178 cm³/mol. The first-order valence-corrected chi connectivity index (χ1v) is 17.1. The number of imidazole rings is 1. The van der Waals surface area contributed by atoms with Crippen LogP contribution in [0.15, 0.2) is 131 Å². The van der Waals surface area contributed by atoms with Gasteiger partial charge in [-0.25, -0.2) is 9.78 Å². The number of β-lactam (4-membered cyclic amide) rings is 1.